The van der Waals surface area contributed by atoms with Gasteiger partial charge < -0.3 is 25.7 Å². The Morgan fingerprint density at radius 3 is 0.923 bits per heavy atom. The number of amides is 1. The van der Waals surface area contributed by atoms with E-state index in [1.807, 2.05) is 0 Å². The second-order valence-corrected chi connectivity index (χ2v) is 20.3. The lowest BCUT2D eigenvalue weighted by atomic mass is 10.00. The van der Waals surface area contributed by atoms with Gasteiger partial charge in [-0.1, -0.05) is 276 Å². The summed E-state index contributed by atoms with van der Waals surface area (Å²) in [5, 5.41) is 44.0. The fourth-order valence-electron chi connectivity index (χ4n) is 9.29. The Morgan fingerprint density at radius 1 is 0.369 bits per heavy atom. The molecule has 0 aliphatic rings. The molecule has 0 saturated carbocycles. The number of hydrogen-bond donors (Lipinski definition) is 5. The number of hydrogen-bond acceptors (Lipinski definition) is 5. The predicted molar refractivity (Wildman–Crippen MR) is 284 cm³/mol. The van der Waals surface area contributed by atoms with Crippen molar-refractivity contribution < 1.29 is 25.2 Å². The van der Waals surface area contributed by atoms with Crippen LogP contribution in [0, 0.1) is 0 Å². The van der Waals surface area contributed by atoms with Gasteiger partial charge in [0.1, 0.15) is 12.2 Å². The Labute approximate surface area is 405 Å². The Balaban J connectivity index is 3.62. The number of rotatable bonds is 54. The molecule has 6 heteroatoms. The van der Waals surface area contributed by atoms with Crippen LogP contribution in [0.15, 0.2) is 24.3 Å². The maximum absolute atomic E-state index is 12.6. The standard InChI is InChI=1S/C59H115NO5/c1-3-5-7-9-11-13-15-17-19-21-23-25-26-27-28-29-30-31-32-33-35-37-39-41-43-45-47-49-51-53-57(63)59(65)60-55(54-61)58(64)56(62)52-50-48-46-44-42-40-38-36-34-24-22-20-18-16-14-12-10-8-6-4-2/h27-28,44,46,55-58,61-64H,3-26,29-43,45,47-54H2,1-2H3,(H,60,65)/b28-27-,46-44+. The van der Waals surface area contributed by atoms with Crippen LogP contribution in [0.3, 0.4) is 0 Å². The zero-order valence-electron chi connectivity index (χ0n) is 43.8. The summed E-state index contributed by atoms with van der Waals surface area (Å²) in [6, 6.07) is -1.00. The van der Waals surface area contributed by atoms with Crippen LogP contribution in [-0.2, 0) is 4.79 Å². The van der Waals surface area contributed by atoms with E-state index in [0.717, 1.165) is 38.5 Å². The van der Waals surface area contributed by atoms with Crippen LogP contribution in [0.4, 0.5) is 0 Å². The van der Waals surface area contributed by atoms with Crippen molar-refractivity contribution in [1.82, 2.24) is 5.32 Å². The monoisotopic (exact) mass is 918 g/mol. The van der Waals surface area contributed by atoms with Gasteiger partial charge in [0.25, 0.3) is 0 Å². The van der Waals surface area contributed by atoms with E-state index < -0.39 is 36.9 Å². The first kappa shape index (κ1) is 63.8. The first-order chi connectivity index (χ1) is 32.0. The molecule has 0 radical (unpaired) electrons. The van der Waals surface area contributed by atoms with Crippen molar-refractivity contribution in [1.29, 1.82) is 0 Å². The van der Waals surface area contributed by atoms with Gasteiger partial charge >= 0.3 is 0 Å². The molecule has 0 aliphatic carbocycles. The maximum atomic E-state index is 12.6. The highest BCUT2D eigenvalue weighted by atomic mass is 16.3. The van der Waals surface area contributed by atoms with E-state index in [0.29, 0.717) is 12.8 Å². The highest BCUT2D eigenvalue weighted by Gasteiger charge is 2.28. The van der Waals surface area contributed by atoms with Gasteiger partial charge in [-0.05, 0) is 64.2 Å². The molecule has 1 amide bonds. The average Bonchev–Trinajstić information content (AvgIpc) is 3.31. The fourth-order valence-corrected chi connectivity index (χ4v) is 9.29. The van der Waals surface area contributed by atoms with Crippen molar-refractivity contribution in [2.24, 2.45) is 0 Å². The van der Waals surface area contributed by atoms with Gasteiger partial charge in [-0.15, -0.1) is 0 Å². The van der Waals surface area contributed by atoms with E-state index in [-0.39, 0.29) is 0 Å². The molecule has 0 rings (SSSR count). The largest absolute Gasteiger partial charge is 0.394 e. The highest BCUT2D eigenvalue weighted by molar-refractivity contribution is 5.80. The molecule has 0 aliphatic heterocycles. The lowest BCUT2D eigenvalue weighted by molar-refractivity contribution is -0.132. The van der Waals surface area contributed by atoms with Gasteiger partial charge in [-0.2, -0.15) is 0 Å². The molecule has 0 saturated heterocycles. The predicted octanol–water partition coefficient (Wildman–Crippen LogP) is 17.0. The smallest absolute Gasteiger partial charge is 0.249 e. The summed E-state index contributed by atoms with van der Waals surface area (Å²) in [4.78, 5) is 12.6. The molecular formula is C59H115NO5. The summed E-state index contributed by atoms with van der Waals surface area (Å²) in [5.74, 6) is -0.589. The second kappa shape index (κ2) is 53.7. The summed E-state index contributed by atoms with van der Waals surface area (Å²) in [7, 11) is 0. The van der Waals surface area contributed by atoms with Crippen LogP contribution < -0.4 is 5.32 Å². The molecule has 0 aromatic carbocycles. The molecule has 5 N–H and O–H groups in total. The zero-order valence-corrected chi connectivity index (χ0v) is 43.8. The van der Waals surface area contributed by atoms with Crippen LogP contribution in [-0.4, -0.2) is 57.3 Å². The SMILES string of the molecule is CCCCCCCCCCCCCC/C=C\CCCCCCCCCCCCCCCC(O)C(=O)NC(CO)C(O)C(O)CCC/C=C/CCCCCCCCCCCCCCCCC. The maximum Gasteiger partial charge on any atom is 0.249 e. The van der Waals surface area contributed by atoms with Crippen molar-refractivity contribution in [3.05, 3.63) is 24.3 Å². The minimum Gasteiger partial charge on any atom is -0.394 e. The molecule has 0 aromatic heterocycles. The minimum absolute atomic E-state index is 0.365. The van der Waals surface area contributed by atoms with E-state index in [1.165, 1.54) is 250 Å². The third kappa shape index (κ3) is 47.6. The zero-order chi connectivity index (χ0) is 47.4. The molecule has 0 bridgehead atoms. The van der Waals surface area contributed by atoms with Gasteiger partial charge in [0.15, 0.2) is 0 Å². The molecular weight excluding hydrogens is 803 g/mol. The Morgan fingerprint density at radius 2 is 0.631 bits per heavy atom. The van der Waals surface area contributed by atoms with Crippen molar-refractivity contribution in [3.63, 3.8) is 0 Å². The van der Waals surface area contributed by atoms with Gasteiger partial charge in [0, 0.05) is 0 Å². The van der Waals surface area contributed by atoms with E-state index in [2.05, 4.69) is 43.5 Å². The van der Waals surface area contributed by atoms with E-state index >= 15 is 0 Å². The number of allylic oxidation sites excluding steroid dienone is 4. The molecule has 65 heavy (non-hydrogen) atoms. The lowest BCUT2D eigenvalue weighted by Gasteiger charge is -2.27. The number of carbonyl (C=O) groups excluding carboxylic acids is 1. The molecule has 6 nitrogen and oxygen atoms in total. The van der Waals surface area contributed by atoms with Crippen LogP contribution in [0.2, 0.25) is 0 Å². The number of carbonyl (C=O) groups is 1. The summed E-state index contributed by atoms with van der Waals surface area (Å²) in [6.07, 6.45) is 65.4. The van der Waals surface area contributed by atoms with Gasteiger partial charge in [-0.25, -0.2) is 0 Å². The molecule has 386 valence electrons. The van der Waals surface area contributed by atoms with Gasteiger partial charge in [0.05, 0.1) is 18.8 Å². The van der Waals surface area contributed by atoms with Gasteiger partial charge in [-0.3, -0.25) is 4.79 Å². The third-order valence-electron chi connectivity index (χ3n) is 13.9. The Bertz CT molecular complexity index is 986. The van der Waals surface area contributed by atoms with Crippen LogP contribution >= 0.6 is 0 Å². The van der Waals surface area contributed by atoms with E-state index in [9.17, 15) is 25.2 Å². The molecule has 4 atom stereocenters. The topological polar surface area (TPSA) is 110 Å². The van der Waals surface area contributed by atoms with Crippen molar-refractivity contribution in [2.45, 2.75) is 340 Å². The van der Waals surface area contributed by atoms with E-state index in [4.69, 9.17) is 0 Å². The third-order valence-corrected chi connectivity index (χ3v) is 13.9. The molecule has 0 aromatic rings. The van der Waals surface area contributed by atoms with Gasteiger partial charge in [0.2, 0.25) is 5.91 Å². The van der Waals surface area contributed by atoms with Crippen molar-refractivity contribution >= 4 is 5.91 Å². The summed E-state index contributed by atoms with van der Waals surface area (Å²) in [6.45, 7) is 4.08. The number of nitrogens with one attached hydrogen (secondary N) is 1. The summed E-state index contributed by atoms with van der Waals surface area (Å²) < 4.78 is 0. The summed E-state index contributed by atoms with van der Waals surface area (Å²) in [5.41, 5.74) is 0. The summed E-state index contributed by atoms with van der Waals surface area (Å²) >= 11 is 0. The van der Waals surface area contributed by atoms with Crippen LogP contribution in [0.25, 0.3) is 0 Å². The lowest BCUT2D eigenvalue weighted by Crippen LogP contribution is -2.53. The highest BCUT2D eigenvalue weighted by Crippen LogP contribution is 2.18. The number of unbranched alkanes of at least 4 members (excludes halogenated alkanes) is 41. The molecule has 4 unspecified atom stereocenters. The first-order valence-corrected chi connectivity index (χ1v) is 29.2. The number of aliphatic hydroxyl groups excluding tert-OH is 4. The fraction of sp³-hybridized carbons (Fsp3) is 0.915. The Kier molecular flexibility index (Phi) is 52.7. The Hall–Kier alpha value is -1.21. The molecule has 0 heterocycles. The molecule has 0 fully saturated rings. The average molecular weight is 919 g/mol. The number of aliphatic hydroxyl groups is 4. The van der Waals surface area contributed by atoms with Crippen molar-refractivity contribution in [3.8, 4) is 0 Å². The van der Waals surface area contributed by atoms with Crippen LogP contribution in [0.1, 0.15) is 316 Å². The minimum atomic E-state index is -1.28. The van der Waals surface area contributed by atoms with E-state index in [1.54, 1.807) is 0 Å². The second-order valence-electron chi connectivity index (χ2n) is 20.3. The molecule has 0 spiro atoms. The quantitative estimate of drug-likeness (QED) is 0.0308. The first-order valence-electron chi connectivity index (χ1n) is 29.2. The normalized spacial score (nSPS) is 13.9. The van der Waals surface area contributed by atoms with Crippen molar-refractivity contribution in [2.75, 3.05) is 6.61 Å². The van der Waals surface area contributed by atoms with Crippen LogP contribution in [0.5, 0.6) is 0 Å².